The topological polar surface area (TPSA) is 71.1 Å². The largest absolute Gasteiger partial charge is 0.497 e. The maximum atomic E-state index is 13.1. The van der Waals surface area contributed by atoms with Gasteiger partial charge in [-0.25, -0.2) is 0 Å². The molecule has 28 heavy (non-hydrogen) atoms. The maximum absolute atomic E-state index is 13.1. The van der Waals surface area contributed by atoms with Crippen LogP contribution in [0.2, 0.25) is 0 Å². The Morgan fingerprint density at radius 3 is 2.21 bits per heavy atom. The van der Waals surface area contributed by atoms with Gasteiger partial charge in [-0.1, -0.05) is 24.3 Å². The first-order chi connectivity index (χ1) is 13.6. The highest BCUT2D eigenvalue weighted by Crippen LogP contribution is 2.40. The lowest BCUT2D eigenvalue weighted by atomic mass is 9.82. The number of carbonyl (C=O) groups excluding carboxylic acids is 2. The van der Waals surface area contributed by atoms with Crippen LogP contribution in [0.5, 0.6) is 11.5 Å². The van der Waals surface area contributed by atoms with Crippen molar-refractivity contribution in [3.63, 3.8) is 0 Å². The normalized spacial score (nSPS) is 18.1. The number of fused-ring (bicyclic) bond motifs is 1. The Balaban J connectivity index is 1.90. The Morgan fingerprint density at radius 1 is 0.857 bits per heavy atom. The van der Waals surface area contributed by atoms with Gasteiger partial charge in [-0.3, -0.25) is 9.59 Å². The number of carbonyl (C=O) groups is 2. The molecule has 2 aromatic rings. The fourth-order valence-corrected chi connectivity index (χ4v) is 3.44. The highest BCUT2D eigenvalue weighted by molar-refractivity contribution is 6.28. The molecule has 6 heteroatoms. The quantitative estimate of drug-likeness (QED) is 0.812. The summed E-state index contributed by atoms with van der Waals surface area (Å²) in [7, 11) is 4.53. The Bertz CT molecular complexity index is 1050. The van der Waals surface area contributed by atoms with E-state index >= 15 is 0 Å². The number of methoxy groups -OCH3 is 3. The Hall–Kier alpha value is -3.38. The second-order valence-electron chi connectivity index (χ2n) is 6.29. The van der Waals surface area contributed by atoms with Crippen molar-refractivity contribution >= 4 is 17.3 Å². The Morgan fingerprint density at radius 2 is 1.57 bits per heavy atom. The number of ketones is 2. The number of allylic oxidation sites excluding steroid dienone is 2. The molecule has 1 unspecified atom stereocenters. The predicted octanol–water partition coefficient (Wildman–Crippen LogP) is 3.42. The summed E-state index contributed by atoms with van der Waals surface area (Å²) in [6, 6.07) is 12.0. The standard InChI is InChI=1S/C22H18O6/c1-25-12-8-9-17(26-2)15(10-12)18-11-16-19(22(27-3)28-18)21(24)14-7-5-4-6-13(14)20(16)23/h4-11,22H,1-3H3. The summed E-state index contributed by atoms with van der Waals surface area (Å²) >= 11 is 0. The first kappa shape index (κ1) is 18.0. The highest BCUT2D eigenvalue weighted by atomic mass is 16.7. The summed E-state index contributed by atoms with van der Waals surface area (Å²) in [4.78, 5) is 26.1. The summed E-state index contributed by atoms with van der Waals surface area (Å²) in [6.07, 6.45) is 0.564. The van der Waals surface area contributed by atoms with Crippen LogP contribution in [0.3, 0.4) is 0 Å². The van der Waals surface area contributed by atoms with E-state index in [-0.39, 0.29) is 22.7 Å². The Labute approximate surface area is 162 Å². The first-order valence-electron chi connectivity index (χ1n) is 8.65. The van der Waals surface area contributed by atoms with Crippen molar-refractivity contribution in [3.05, 3.63) is 76.4 Å². The van der Waals surface area contributed by atoms with Crippen LogP contribution in [0.1, 0.15) is 26.3 Å². The molecule has 142 valence electrons. The molecule has 1 heterocycles. The monoisotopic (exact) mass is 378 g/mol. The lowest BCUT2D eigenvalue weighted by Crippen LogP contribution is -2.33. The van der Waals surface area contributed by atoms with Gasteiger partial charge < -0.3 is 18.9 Å². The third-order valence-corrected chi connectivity index (χ3v) is 4.83. The van der Waals surface area contributed by atoms with E-state index in [2.05, 4.69) is 0 Å². The number of hydrogen-bond donors (Lipinski definition) is 0. The van der Waals surface area contributed by atoms with Gasteiger partial charge in [-0.2, -0.15) is 0 Å². The van der Waals surface area contributed by atoms with Crippen LogP contribution in [0.25, 0.3) is 5.76 Å². The number of rotatable bonds is 4. The SMILES string of the molecule is COc1ccc(OC)c(C2=CC3=C(C(=O)c4ccccc4C3=O)C(OC)O2)c1. The van der Waals surface area contributed by atoms with E-state index in [1.165, 1.54) is 7.11 Å². The minimum absolute atomic E-state index is 0.205. The molecule has 0 fully saturated rings. The zero-order valence-electron chi connectivity index (χ0n) is 15.6. The maximum Gasteiger partial charge on any atom is 0.231 e. The fourth-order valence-electron chi connectivity index (χ4n) is 3.44. The lowest BCUT2D eigenvalue weighted by Gasteiger charge is -2.30. The van der Waals surface area contributed by atoms with Crippen LogP contribution in [0, 0.1) is 0 Å². The van der Waals surface area contributed by atoms with Crippen LogP contribution < -0.4 is 9.47 Å². The van der Waals surface area contributed by atoms with Gasteiger partial charge in [0, 0.05) is 23.8 Å². The molecule has 1 atom stereocenters. The third kappa shape index (κ3) is 2.70. The van der Waals surface area contributed by atoms with Crippen molar-refractivity contribution in [3.8, 4) is 11.5 Å². The van der Waals surface area contributed by atoms with E-state index in [0.29, 0.717) is 33.9 Å². The fraction of sp³-hybridized carbons (Fsp3) is 0.182. The van der Waals surface area contributed by atoms with Crippen LogP contribution in [0.15, 0.2) is 59.7 Å². The number of Topliss-reactive ketones (excluding diaryl/α,β-unsaturated/α-hetero) is 2. The summed E-state index contributed by atoms with van der Waals surface area (Å²) in [5, 5.41) is 0. The van der Waals surface area contributed by atoms with Crippen molar-refractivity contribution in [2.45, 2.75) is 6.29 Å². The molecular formula is C22H18O6. The average Bonchev–Trinajstić information content (AvgIpc) is 2.76. The highest BCUT2D eigenvalue weighted by Gasteiger charge is 2.39. The predicted molar refractivity (Wildman–Crippen MR) is 102 cm³/mol. The molecule has 0 aromatic heterocycles. The van der Waals surface area contributed by atoms with Crippen LogP contribution in [-0.4, -0.2) is 39.2 Å². The summed E-state index contributed by atoms with van der Waals surface area (Å²) in [5.41, 5.74) is 1.79. The van der Waals surface area contributed by atoms with Gasteiger partial charge in [0.2, 0.25) is 6.29 Å². The van der Waals surface area contributed by atoms with E-state index in [0.717, 1.165) is 0 Å². The van der Waals surface area contributed by atoms with Crippen molar-refractivity contribution in [2.24, 2.45) is 0 Å². The van der Waals surface area contributed by atoms with E-state index in [1.807, 2.05) is 0 Å². The molecule has 0 N–H and O–H groups in total. The van der Waals surface area contributed by atoms with E-state index in [1.54, 1.807) is 62.8 Å². The smallest absolute Gasteiger partial charge is 0.231 e. The van der Waals surface area contributed by atoms with Crippen LogP contribution in [0.4, 0.5) is 0 Å². The number of benzene rings is 2. The molecular weight excluding hydrogens is 360 g/mol. The zero-order valence-corrected chi connectivity index (χ0v) is 15.6. The number of hydrogen-bond acceptors (Lipinski definition) is 6. The van der Waals surface area contributed by atoms with Crippen molar-refractivity contribution in [2.75, 3.05) is 21.3 Å². The van der Waals surface area contributed by atoms with Crippen molar-refractivity contribution in [1.82, 2.24) is 0 Å². The molecule has 0 saturated carbocycles. The first-order valence-corrected chi connectivity index (χ1v) is 8.65. The van der Waals surface area contributed by atoms with Crippen molar-refractivity contribution in [1.29, 1.82) is 0 Å². The van der Waals surface area contributed by atoms with Gasteiger partial charge in [-0.05, 0) is 24.3 Å². The molecule has 0 spiro atoms. The van der Waals surface area contributed by atoms with Gasteiger partial charge in [0.05, 0.1) is 25.4 Å². The molecule has 4 rings (SSSR count). The molecule has 2 aromatic carbocycles. The second kappa shape index (κ2) is 6.98. The molecule has 0 saturated heterocycles. The van der Waals surface area contributed by atoms with Gasteiger partial charge in [0.25, 0.3) is 0 Å². The van der Waals surface area contributed by atoms with Crippen LogP contribution >= 0.6 is 0 Å². The van der Waals surface area contributed by atoms with E-state index in [4.69, 9.17) is 18.9 Å². The van der Waals surface area contributed by atoms with E-state index in [9.17, 15) is 9.59 Å². The van der Waals surface area contributed by atoms with Gasteiger partial charge >= 0.3 is 0 Å². The molecule has 0 amide bonds. The summed E-state index contributed by atoms with van der Waals surface area (Å²) in [5.74, 6) is 0.994. The average molecular weight is 378 g/mol. The molecule has 0 radical (unpaired) electrons. The lowest BCUT2D eigenvalue weighted by molar-refractivity contribution is -0.0451. The third-order valence-electron chi connectivity index (χ3n) is 4.83. The summed E-state index contributed by atoms with van der Waals surface area (Å²) in [6.45, 7) is 0. The van der Waals surface area contributed by atoms with Gasteiger partial charge in [0.1, 0.15) is 17.3 Å². The molecule has 1 aliphatic heterocycles. The van der Waals surface area contributed by atoms with Gasteiger partial charge in [-0.15, -0.1) is 0 Å². The zero-order chi connectivity index (χ0) is 19.8. The minimum atomic E-state index is -1.00. The number of ether oxygens (including phenoxy) is 4. The molecule has 2 aliphatic rings. The van der Waals surface area contributed by atoms with Crippen LogP contribution in [-0.2, 0) is 9.47 Å². The Kier molecular flexibility index (Phi) is 4.49. The van der Waals surface area contributed by atoms with Gasteiger partial charge in [0.15, 0.2) is 11.6 Å². The molecule has 6 nitrogen and oxygen atoms in total. The summed E-state index contributed by atoms with van der Waals surface area (Å²) < 4.78 is 22.1. The second-order valence-corrected chi connectivity index (χ2v) is 6.29. The molecule has 0 bridgehead atoms. The van der Waals surface area contributed by atoms with E-state index < -0.39 is 6.29 Å². The molecule has 1 aliphatic carbocycles. The van der Waals surface area contributed by atoms with Crippen molar-refractivity contribution < 1.29 is 28.5 Å². The minimum Gasteiger partial charge on any atom is -0.497 e.